The number of nitrogens with zero attached hydrogens (tertiary/aromatic N) is 2. The van der Waals surface area contributed by atoms with Crippen LogP contribution in [0.2, 0.25) is 0 Å². The van der Waals surface area contributed by atoms with Crippen molar-refractivity contribution < 1.29 is 36.6 Å². The van der Waals surface area contributed by atoms with E-state index in [1.165, 1.54) is 41.3 Å². The Balaban J connectivity index is 1.54. The van der Waals surface area contributed by atoms with E-state index >= 15 is 0 Å². The second-order valence-corrected chi connectivity index (χ2v) is 9.32. The minimum atomic E-state index is -4.56. The first-order valence-corrected chi connectivity index (χ1v) is 11.9. The lowest BCUT2D eigenvalue weighted by atomic mass is 9.77. The summed E-state index contributed by atoms with van der Waals surface area (Å²) in [6, 6.07) is 9.87. The molecule has 0 spiro atoms. The van der Waals surface area contributed by atoms with Gasteiger partial charge in [-0.15, -0.1) is 0 Å². The molecular weight excluding hydrogens is 480 g/mol. The number of halogens is 4. The third kappa shape index (κ3) is 6.34. The van der Waals surface area contributed by atoms with Crippen LogP contribution in [0.15, 0.2) is 48.5 Å². The van der Waals surface area contributed by atoms with Gasteiger partial charge in [0.05, 0.1) is 25.4 Å². The number of ether oxygens (including phenoxy) is 2. The first kappa shape index (κ1) is 25.9. The van der Waals surface area contributed by atoms with E-state index < -0.39 is 28.9 Å². The Labute approximate surface area is 206 Å². The van der Waals surface area contributed by atoms with Gasteiger partial charge in [-0.3, -0.25) is 9.59 Å². The van der Waals surface area contributed by atoms with Crippen LogP contribution in [0.5, 0.6) is 5.75 Å². The first-order valence-electron chi connectivity index (χ1n) is 11.9. The Kier molecular flexibility index (Phi) is 7.82. The molecule has 0 aliphatic carbocycles. The van der Waals surface area contributed by atoms with Crippen molar-refractivity contribution in [2.24, 2.45) is 5.41 Å². The van der Waals surface area contributed by atoms with Gasteiger partial charge in [-0.25, -0.2) is 4.39 Å². The molecule has 0 aromatic heterocycles. The maximum absolute atomic E-state index is 13.3. The predicted molar refractivity (Wildman–Crippen MR) is 123 cm³/mol. The molecule has 194 valence electrons. The lowest BCUT2D eigenvalue weighted by Gasteiger charge is -2.43. The summed E-state index contributed by atoms with van der Waals surface area (Å²) >= 11 is 0. The average Bonchev–Trinajstić information content (AvgIpc) is 2.88. The number of hydrogen-bond acceptors (Lipinski definition) is 4. The largest absolute Gasteiger partial charge is 0.493 e. The second kappa shape index (κ2) is 10.9. The van der Waals surface area contributed by atoms with Gasteiger partial charge in [-0.05, 0) is 55.3 Å². The summed E-state index contributed by atoms with van der Waals surface area (Å²) in [5, 5.41) is 0. The zero-order chi connectivity index (χ0) is 25.8. The minimum absolute atomic E-state index is 0.0559. The number of carbonyl (C=O) groups is 2. The lowest BCUT2D eigenvalue weighted by Crippen LogP contribution is -2.52. The number of hydrogen-bond donors (Lipinski definition) is 0. The summed E-state index contributed by atoms with van der Waals surface area (Å²) in [4.78, 5) is 29.6. The quantitative estimate of drug-likeness (QED) is 0.543. The molecule has 0 saturated carbocycles. The van der Waals surface area contributed by atoms with Gasteiger partial charge in [0.15, 0.2) is 0 Å². The monoisotopic (exact) mass is 508 g/mol. The molecule has 36 heavy (non-hydrogen) atoms. The minimum Gasteiger partial charge on any atom is -0.493 e. The number of benzene rings is 2. The molecule has 2 aromatic rings. The van der Waals surface area contributed by atoms with Crippen LogP contribution >= 0.6 is 0 Å². The van der Waals surface area contributed by atoms with Crippen LogP contribution < -0.4 is 4.74 Å². The SMILES string of the molecule is O=C(CC1(COc2ccc(F)cc2)CCCN(C(=O)c2cccc(C(F)(F)F)c2)C1)N1CCOCC1. The molecule has 2 aliphatic heterocycles. The van der Waals surface area contributed by atoms with E-state index in [1.807, 2.05) is 0 Å². The summed E-state index contributed by atoms with van der Waals surface area (Å²) in [6.45, 7) is 2.46. The lowest BCUT2D eigenvalue weighted by molar-refractivity contribution is -0.139. The summed E-state index contributed by atoms with van der Waals surface area (Å²) in [7, 11) is 0. The van der Waals surface area contributed by atoms with E-state index in [0.29, 0.717) is 51.4 Å². The smallest absolute Gasteiger partial charge is 0.416 e. The number of morpholine rings is 1. The van der Waals surface area contributed by atoms with Gasteiger partial charge in [0, 0.05) is 43.6 Å². The van der Waals surface area contributed by atoms with Gasteiger partial charge in [-0.2, -0.15) is 13.2 Å². The molecule has 6 nitrogen and oxygen atoms in total. The van der Waals surface area contributed by atoms with Crippen LogP contribution in [-0.2, 0) is 15.7 Å². The molecule has 2 saturated heterocycles. The third-order valence-electron chi connectivity index (χ3n) is 6.63. The van der Waals surface area contributed by atoms with Crippen molar-refractivity contribution in [2.75, 3.05) is 46.0 Å². The van der Waals surface area contributed by atoms with Crippen LogP contribution in [0.25, 0.3) is 0 Å². The van der Waals surface area contributed by atoms with Crippen LogP contribution in [-0.4, -0.2) is 67.6 Å². The van der Waals surface area contributed by atoms with Gasteiger partial charge in [0.25, 0.3) is 5.91 Å². The molecule has 1 atom stereocenters. The van der Waals surface area contributed by atoms with Gasteiger partial charge >= 0.3 is 6.18 Å². The number of amides is 2. The van der Waals surface area contributed by atoms with E-state index in [-0.39, 0.29) is 31.0 Å². The number of likely N-dealkylation sites (tertiary alicyclic amines) is 1. The Hall–Kier alpha value is -3.14. The van der Waals surface area contributed by atoms with Crippen molar-refractivity contribution in [2.45, 2.75) is 25.4 Å². The maximum atomic E-state index is 13.3. The molecular formula is C26H28F4N2O4. The molecule has 2 amide bonds. The first-order chi connectivity index (χ1) is 17.2. The van der Waals surface area contributed by atoms with Crippen LogP contribution in [0.1, 0.15) is 35.2 Å². The highest BCUT2D eigenvalue weighted by atomic mass is 19.4. The molecule has 2 fully saturated rings. The Morgan fingerprint density at radius 2 is 1.72 bits per heavy atom. The molecule has 10 heteroatoms. The van der Waals surface area contributed by atoms with E-state index in [9.17, 15) is 27.2 Å². The zero-order valence-electron chi connectivity index (χ0n) is 19.7. The Morgan fingerprint density at radius 3 is 2.42 bits per heavy atom. The van der Waals surface area contributed by atoms with E-state index in [1.54, 1.807) is 4.90 Å². The third-order valence-corrected chi connectivity index (χ3v) is 6.63. The molecule has 2 heterocycles. The molecule has 4 rings (SSSR count). The molecule has 1 unspecified atom stereocenters. The predicted octanol–water partition coefficient (Wildman–Crippen LogP) is 4.39. The average molecular weight is 509 g/mol. The Morgan fingerprint density at radius 1 is 1.00 bits per heavy atom. The van der Waals surface area contributed by atoms with Gasteiger partial charge in [-0.1, -0.05) is 6.07 Å². The summed E-state index contributed by atoms with van der Waals surface area (Å²) in [5.74, 6) is -0.592. The fourth-order valence-corrected chi connectivity index (χ4v) is 4.72. The fourth-order valence-electron chi connectivity index (χ4n) is 4.72. The fraction of sp³-hybridized carbons (Fsp3) is 0.462. The highest BCUT2D eigenvalue weighted by molar-refractivity contribution is 5.94. The number of rotatable bonds is 6. The number of piperidine rings is 1. The van der Waals surface area contributed by atoms with Crippen LogP contribution in [0, 0.1) is 11.2 Å². The van der Waals surface area contributed by atoms with Gasteiger partial charge < -0.3 is 19.3 Å². The zero-order valence-corrected chi connectivity index (χ0v) is 19.7. The molecule has 2 aromatic carbocycles. The second-order valence-electron chi connectivity index (χ2n) is 9.32. The highest BCUT2D eigenvalue weighted by Crippen LogP contribution is 2.36. The normalized spacial score (nSPS) is 20.8. The van der Waals surface area contributed by atoms with Crippen molar-refractivity contribution >= 4 is 11.8 Å². The molecule has 0 bridgehead atoms. The molecule has 0 radical (unpaired) electrons. The van der Waals surface area contributed by atoms with Crippen molar-refractivity contribution in [1.29, 1.82) is 0 Å². The number of carbonyl (C=O) groups excluding carboxylic acids is 2. The topological polar surface area (TPSA) is 59.1 Å². The van der Waals surface area contributed by atoms with Crippen molar-refractivity contribution in [3.05, 3.63) is 65.5 Å². The van der Waals surface area contributed by atoms with Crippen molar-refractivity contribution in [1.82, 2.24) is 9.80 Å². The van der Waals surface area contributed by atoms with E-state index in [0.717, 1.165) is 12.1 Å². The molecule has 0 N–H and O–H groups in total. The summed E-state index contributed by atoms with van der Waals surface area (Å²) in [6.07, 6.45) is -3.29. The Bertz CT molecular complexity index is 1070. The van der Waals surface area contributed by atoms with E-state index in [2.05, 4.69) is 0 Å². The van der Waals surface area contributed by atoms with Crippen LogP contribution in [0.4, 0.5) is 17.6 Å². The van der Waals surface area contributed by atoms with Crippen LogP contribution in [0.3, 0.4) is 0 Å². The van der Waals surface area contributed by atoms with Gasteiger partial charge in [0.2, 0.25) is 5.91 Å². The molecule has 2 aliphatic rings. The van der Waals surface area contributed by atoms with Gasteiger partial charge in [0.1, 0.15) is 11.6 Å². The van der Waals surface area contributed by atoms with Crippen molar-refractivity contribution in [3.63, 3.8) is 0 Å². The number of alkyl halides is 3. The standard InChI is InChI=1S/C26H28F4N2O4/c27-21-5-7-22(8-6-21)36-18-25(16-23(33)31-11-13-35-14-12-31)9-2-10-32(17-25)24(34)19-3-1-4-20(15-19)26(28,29)30/h1,3-8,15H,2,9-14,16-18H2. The summed E-state index contributed by atoms with van der Waals surface area (Å²) in [5.41, 5.74) is -1.70. The summed E-state index contributed by atoms with van der Waals surface area (Å²) < 4.78 is 64.1. The van der Waals surface area contributed by atoms with E-state index in [4.69, 9.17) is 9.47 Å². The maximum Gasteiger partial charge on any atom is 0.416 e. The van der Waals surface area contributed by atoms with Crippen molar-refractivity contribution in [3.8, 4) is 5.75 Å². The highest BCUT2D eigenvalue weighted by Gasteiger charge is 2.41.